The smallest absolute Gasteiger partial charge is 0.193 e. The Morgan fingerprint density at radius 2 is 2.21 bits per heavy atom. The van der Waals surface area contributed by atoms with Gasteiger partial charge in [-0.1, -0.05) is 13.8 Å². The lowest BCUT2D eigenvalue weighted by molar-refractivity contribution is 0.218. The second-order valence-electron chi connectivity index (χ2n) is 7.10. The zero-order chi connectivity index (χ0) is 19.2. The predicted molar refractivity (Wildman–Crippen MR) is 129 cm³/mol. The summed E-state index contributed by atoms with van der Waals surface area (Å²) in [7, 11) is 3.87. The van der Waals surface area contributed by atoms with Crippen molar-refractivity contribution in [1.29, 1.82) is 0 Å². The van der Waals surface area contributed by atoms with E-state index >= 15 is 0 Å². The van der Waals surface area contributed by atoms with Gasteiger partial charge in [0, 0.05) is 45.8 Å². The number of thiophene rings is 1. The summed E-state index contributed by atoms with van der Waals surface area (Å²) in [6, 6.07) is 2.62. The average molecular weight is 516 g/mol. The molecule has 1 aliphatic rings. The van der Waals surface area contributed by atoms with Crippen molar-refractivity contribution in [3.63, 3.8) is 0 Å². The van der Waals surface area contributed by atoms with Crippen LogP contribution in [0.5, 0.6) is 0 Å². The monoisotopic (exact) mass is 516 g/mol. The molecule has 0 radical (unpaired) electrons. The van der Waals surface area contributed by atoms with Gasteiger partial charge in [-0.25, -0.2) is 0 Å². The third-order valence-corrected chi connectivity index (χ3v) is 6.23. The third-order valence-electron chi connectivity index (χ3n) is 5.53. The molecule has 0 aliphatic carbocycles. The predicted octanol–water partition coefficient (Wildman–Crippen LogP) is 3.55. The SMILES string of the molecule is CCN(CC)C(CNC(=NC)N1CCC(c2cnn(C)c2)C1)c1ccsc1.I. The first kappa shape index (κ1) is 23.2. The summed E-state index contributed by atoms with van der Waals surface area (Å²) in [5.41, 5.74) is 2.72. The highest BCUT2D eigenvalue weighted by Gasteiger charge is 2.27. The van der Waals surface area contributed by atoms with Crippen molar-refractivity contribution in [3.8, 4) is 0 Å². The van der Waals surface area contributed by atoms with Crippen molar-refractivity contribution in [3.05, 3.63) is 40.3 Å². The normalized spacial score (nSPS) is 18.4. The number of likely N-dealkylation sites (tertiary alicyclic amines) is 1. The lowest BCUT2D eigenvalue weighted by Crippen LogP contribution is -2.44. The van der Waals surface area contributed by atoms with Crippen LogP contribution in [0.1, 0.15) is 43.4 Å². The van der Waals surface area contributed by atoms with Crippen molar-refractivity contribution in [1.82, 2.24) is 24.9 Å². The van der Waals surface area contributed by atoms with Crippen molar-refractivity contribution in [2.75, 3.05) is 39.8 Å². The highest BCUT2D eigenvalue weighted by atomic mass is 127. The zero-order valence-electron chi connectivity index (χ0n) is 17.3. The number of aliphatic imine (C=N–C) groups is 1. The molecule has 2 aromatic rings. The van der Waals surface area contributed by atoms with Crippen LogP contribution in [-0.4, -0.2) is 65.3 Å². The minimum atomic E-state index is 0. The molecule has 0 bridgehead atoms. The first-order valence-electron chi connectivity index (χ1n) is 9.86. The molecule has 1 fully saturated rings. The van der Waals surface area contributed by atoms with Crippen LogP contribution >= 0.6 is 35.3 Å². The number of halogens is 1. The number of nitrogens with zero attached hydrogens (tertiary/aromatic N) is 5. The van der Waals surface area contributed by atoms with E-state index in [0.717, 1.165) is 45.1 Å². The Labute approximate surface area is 190 Å². The number of guanidine groups is 1. The Hall–Kier alpha value is -1.13. The molecule has 0 aromatic carbocycles. The molecular formula is C20H33IN6S. The lowest BCUT2D eigenvalue weighted by atomic mass is 10.0. The lowest BCUT2D eigenvalue weighted by Gasteiger charge is -2.31. The summed E-state index contributed by atoms with van der Waals surface area (Å²) in [6.45, 7) is 9.47. The largest absolute Gasteiger partial charge is 0.354 e. The molecule has 2 unspecified atom stereocenters. The molecule has 28 heavy (non-hydrogen) atoms. The summed E-state index contributed by atoms with van der Waals surface area (Å²) in [6.07, 6.45) is 5.28. The molecule has 3 rings (SSSR count). The molecule has 1 saturated heterocycles. The molecule has 8 heteroatoms. The fourth-order valence-electron chi connectivity index (χ4n) is 3.98. The van der Waals surface area contributed by atoms with Crippen LogP contribution in [0.2, 0.25) is 0 Å². The Balaban J connectivity index is 0.00000280. The molecule has 1 aliphatic heterocycles. The Morgan fingerprint density at radius 1 is 1.43 bits per heavy atom. The minimum Gasteiger partial charge on any atom is -0.354 e. The first-order chi connectivity index (χ1) is 13.2. The number of likely N-dealkylation sites (N-methyl/N-ethyl adjacent to an activating group) is 1. The molecule has 1 N–H and O–H groups in total. The zero-order valence-corrected chi connectivity index (χ0v) is 20.5. The van der Waals surface area contributed by atoms with Gasteiger partial charge in [-0.05, 0) is 47.5 Å². The van der Waals surface area contributed by atoms with Gasteiger partial charge >= 0.3 is 0 Å². The number of nitrogens with one attached hydrogen (secondary N) is 1. The standard InChI is InChI=1S/C20H32N6S.HI/c1-5-25(6-2)19(17-8-10-27-15-17)12-22-20(21-3)26-9-7-16(14-26)18-11-23-24(4)13-18;/h8,10-11,13,15-16,19H,5-7,9,12,14H2,1-4H3,(H,21,22);1H. The second-order valence-corrected chi connectivity index (χ2v) is 7.88. The molecular weight excluding hydrogens is 483 g/mol. The highest BCUT2D eigenvalue weighted by Crippen LogP contribution is 2.27. The maximum atomic E-state index is 4.56. The third kappa shape index (κ3) is 5.48. The maximum Gasteiger partial charge on any atom is 0.193 e. The van der Waals surface area contributed by atoms with Crippen molar-refractivity contribution < 1.29 is 0 Å². The number of hydrogen-bond acceptors (Lipinski definition) is 4. The first-order valence-corrected chi connectivity index (χ1v) is 10.8. The summed E-state index contributed by atoms with van der Waals surface area (Å²) in [5, 5.41) is 12.4. The summed E-state index contributed by atoms with van der Waals surface area (Å²) < 4.78 is 1.89. The van der Waals surface area contributed by atoms with Gasteiger partial charge in [0.15, 0.2) is 5.96 Å². The quantitative estimate of drug-likeness (QED) is 0.348. The van der Waals surface area contributed by atoms with E-state index < -0.39 is 0 Å². The molecule has 2 atom stereocenters. The van der Waals surface area contributed by atoms with Gasteiger partial charge in [0.2, 0.25) is 0 Å². The van der Waals surface area contributed by atoms with Crippen molar-refractivity contribution in [2.24, 2.45) is 12.0 Å². The molecule has 156 valence electrons. The van der Waals surface area contributed by atoms with Crippen molar-refractivity contribution >= 4 is 41.3 Å². The molecule has 3 heterocycles. The van der Waals surface area contributed by atoms with E-state index in [4.69, 9.17) is 0 Å². The second kappa shape index (κ2) is 11.2. The number of aromatic nitrogens is 2. The summed E-state index contributed by atoms with van der Waals surface area (Å²) in [5.74, 6) is 1.54. The fourth-order valence-corrected chi connectivity index (χ4v) is 4.69. The highest BCUT2D eigenvalue weighted by molar-refractivity contribution is 14.0. The number of rotatable bonds is 7. The van der Waals surface area contributed by atoms with Crippen molar-refractivity contribution in [2.45, 2.75) is 32.2 Å². The molecule has 6 nitrogen and oxygen atoms in total. The van der Waals surface area contributed by atoms with Crippen LogP contribution in [0.3, 0.4) is 0 Å². The van der Waals surface area contributed by atoms with E-state index in [1.807, 2.05) is 25.0 Å². The van der Waals surface area contributed by atoms with Crippen LogP contribution in [-0.2, 0) is 7.05 Å². The van der Waals surface area contributed by atoms with Gasteiger partial charge in [-0.15, -0.1) is 24.0 Å². The van der Waals surface area contributed by atoms with Gasteiger partial charge < -0.3 is 10.2 Å². The van der Waals surface area contributed by atoms with E-state index in [1.54, 1.807) is 11.3 Å². The van der Waals surface area contributed by atoms with Gasteiger partial charge in [-0.2, -0.15) is 16.4 Å². The van der Waals surface area contributed by atoms with Gasteiger partial charge in [0.05, 0.1) is 12.2 Å². The van der Waals surface area contributed by atoms with Crippen LogP contribution < -0.4 is 5.32 Å². The average Bonchev–Trinajstić information content (AvgIpc) is 3.43. The van der Waals surface area contributed by atoms with Crippen LogP contribution in [0, 0.1) is 0 Å². The fraction of sp³-hybridized carbons (Fsp3) is 0.600. The Morgan fingerprint density at radius 3 is 2.79 bits per heavy atom. The summed E-state index contributed by atoms with van der Waals surface area (Å²) in [4.78, 5) is 9.45. The molecule has 0 saturated carbocycles. The van der Waals surface area contributed by atoms with Gasteiger partial charge in [0.1, 0.15) is 0 Å². The van der Waals surface area contributed by atoms with E-state index in [1.165, 1.54) is 11.1 Å². The van der Waals surface area contributed by atoms with Crippen LogP contribution in [0.25, 0.3) is 0 Å². The summed E-state index contributed by atoms with van der Waals surface area (Å²) >= 11 is 1.77. The van der Waals surface area contributed by atoms with E-state index in [-0.39, 0.29) is 24.0 Å². The van der Waals surface area contributed by atoms with Gasteiger partial charge in [-0.3, -0.25) is 14.6 Å². The topological polar surface area (TPSA) is 48.7 Å². The number of hydrogen-bond donors (Lipinski definition) is 1. The minimum absolute atomic E-state index is 0. The molecule has 2 aromatic heterocycles. The van der Waals surface area contributed by atoms with E-state index in [0.29, 0.717) is 12.0 Å². The van der Waals surface area contributed by atoms with Gasteiger partial charge in [0.25, 0.3) is 0 Å². The number of aryl methyl sites for hydroxylation is 1. The molecule has 0 spiro atoms. The Bertz CT molecular complexity index is 725. The van der Waals surface area contributed by atoms with Crippen LogP contribution in [0.15, 0.2) is 34.2 Å². The Kier molecular flexibility index (Phi) is 9.23. The molecule has 0 amide bonds. The van der Waals surface area contributed by atoms with E-state index in [2.05, 4.69) is 62.1 Å². The maximum absolute atomic E-state index is 4.56. The van der Waals surface area contributed by atoms with Crippen LogP contribution in [0.4, 0.5) is 0 Å². The van der Waals surface area contributed by atoms with E-state index in [9.17, 15) is 0 Å².